The van der Waals surface area contributed by atoms with E-state index < -0.39 is 0 Å². The van der Waals surface area contributed by atoms with Gasteiger partial charge in [-0.1, -0.05) is 18.9 Å². The van der Waals surface area contributed by atoms with Gasteiger partial charge in [-0.25, -0.2) is 15.2 Å². The number of benzene rings is 1. The summed E-state index contributed by atoms with van der Waals surface area (Å²) in [5.41, 5.74) is 6.58. The van der Waals surface area contributed by atoms with Crippen molar-refractivity contribution in [2.24, 2.45) is 0 Å². The number of carbonyl (C=O) groups is 1. The molecule has 2 fully saturated rings. The van der Waals surface area contributed by atoms with Crippen LogP contribution in [0.2, 0.25) is 0 Å². The lowest BCUT2D eigenvalue weighted by Gasteiger charge is -2.28. The largest absolute Gasteiger partial charge is 0.338 e. The van der Waals surface area contributed by atoms with Gasteiger partial charge in [-0.3, -0.25) is 0 Å². The molecule has 4 heteroatoms. The molecule has 0 bridgehead atoms. The average Bonchev–Trinajstić information content (AvgIpc) is 2.59. The molecule has 0 radical (unpaired) electrons. The predicted octanol–water partition coefficient (Wildman–Crippen LogP) is 3.39. The molecule has 1 aliphatic carbocycles. The Morgan fingerprint density at radius 2 is 1.75 bits per heavy atom. The fourth-order valence-electron chi connectivity index (χ4n) is 3.17. The van der Waals surface area contributed by atoms with Crippen LogP contribution in [0.3, 0.4) is 0 Å². The highest BCUT2D eigenvalue weighted by molar-refractivity contribution is 5.93. The third-order valence-corrected chi connectivity index (χ3v) is 4.58. The van der Waals surface area contributed by atoms with Crippen LogP contribution in [0, 0.1) is 13.8 Å². The van der Waals surface area contributed by atoms with Crippen molar-refractivity contribution >= 4 is 11.7 Å². The summed E-state index contributed by atoms with van der Waals surface area (Å²) in [4.78, 5) is 12.3. The van der Waals surface area contributed by atoms with E-state index in [4.69, 9.17) is 0 Å². The van der Waals surface area contributed by atoms with Crippen molar-refractivity contribution in [3.8, 4) is 0 Å². The van der Waals surface area contributed by atoms with Crippen LogP contribution in [-0.2, 0) is 0 Å². The van der Waals surface area contributed by atoms with E-state index in [0.29, 0.717) is 0 Å². The number of amides is 2. The van der Waals surface area contributed by atoms with E-state index >= 15 is 0 Å². The standard InChI is InChI=1S/C16H23N3O/c1-12-7-8-14(11-13(12)2)19-15(20)17-16(18-19)9-5-3-4-6-10-16/h7-8,11,18H,3-6,9-10H2,1-2H3,(H,17,20). The summed E-state index contributed by atoms with van der Waals surface area (Å²) in [6.45, 7) is 4.16. The molecule has 1 aromatic carbocycles. The molecule has 3 rings (SSSR count). The lowest BCUT2D eigenvalue weighted by Crippen LogP contribution is -2.50. The van der Waals surface area contributed by atoms with Crippen molar-refractivity contribution in [2.75, 3.05) is 5.01 Å². The summed E-state index contributed by atoms with van der Waals surface area (Å²) in [6, 6.07) is 6.11. The van der Waals surface area contributed by atoms with Gasteiger partial charge in [0.2, 0.25) is 0 Å². The minimum Gasteiger partial charge on any atom is -0.317 e. The molecule has 0 aromatic heterocycles. The molecule has 2 N–H and O–H groups in total. The van der Waals surface area contributed by atoms with Gasteiger partial charge in [-0.2, -0.15) is 0 Å². The van der Waals surface area contributed by atoms with Gasteiger partial charge in [-0.15, -0.1) is 0 Å². The zero-order valence-corrected chi connectivity index (χ0v) is 12.3. The number of aryl methyl sites for hydroxylation is 2. The van der Waals surface area contributed by atoms with Crippen LogP contribution in [0.4, 0.5) is 10.5 Å². The molecule has 1 spiro atoms. The Balaban J connectivity index is 1.84. The lowest BCUT2D eigenvalue weighted by atomic mass is 10.0. The molecule has 2 amide bonds. The zero-order valence-electron chi connectivity index (χ0n) is 12.3. The monoisotopic (exact) mass is 273 g/mol. The second-order valence-corrected chi connectivity index (χ2v) is 6.14. The lowest BCUT2D eigenvalue weighted by molar-refractivity contribution is 0.241. The first-order chi connectivity index (χ1) is 9.60. The van der Waals surface area contributed by atoms with Gasteiger partial charge >= 0.3 is 6.03 Å². The summed E-state index contributed by atoms with van der Waals surface area (Å²) in [6.07, 6.45) is 6.91. The molecule has 1 aliphatic heterocycles. The van der Waals surface area contributed by atoms with Crippen molar-refractivity contribution in [3.63, 3.8) is 0 Å². The van der Waals surface area contributed by atoms with E-state index in [0.717, 1.165) is 18.5 Å². The number of urea groups is 1. The highest BCUT2D eigenvalue weighted by Gasteiger charge is 2.42. The molecular weight excluding hydrogens is 250 g/mol. The van der Waals surface area contributed by atoms with Gasteiger partial charge in [0.15, 0.2) is 0 Å². The van der Waals surface area contributed by atoms with Gasteiger partial charge in [0.25, 0.3) is 0 Å². The Bertz CT molecular complexity index is 518. The van der Waals surface area contributed by atoms with E-state index in [1.54, 1.807) is 5.01 Å². The van der Waals surface area contributed by atoms with Crippen LogP contribution in [0.15, 0.2) is 18.2 Å². The van der Waals surface area contributed by atoms with Crippen LogP contribution in [0.1, 0.15) is 49.7 Å². The second kappa shape index (κ2) is 5.09. The highest BCUT2D eigenvalue weighted by atomic mass is 16.2. The smallest absolute Gasteiger partial charge is 0.317 e. The van der Waals surface area contributed by atoms with Gasteiger partial charge in [-0.05, 0) is 62.8 Å². The summed E-state index contributed by atoms with van der Waals surface area (Å²) < 4.78 is 0. The van der Waals surface area contributed by atoms with Gasteiger partial charge in [0, 0.05) is 0 Å². The summed E-state index contributed by atoms with van der Waals surface area (Å²) in [5, 5.41) is 4.85. The second-order valence-electron chi connectivity index (χ2n) is 6.14. The van der Waals surface area contributed by atoms with Gasteiger partial charge in [0.05, 0.1) is 5.69 Å². The van der Waals surface area contributed by atoms with Crippen LogP contribution < -0.4 is 15.8 Å². The zero-order chi connectivity index (χ0) is 14.2. The molecule has 0 atom stereocenters. The maximum Gasteiger partial charge on any atom is 0.338 e. The Morgan fingerprint density at radius 3 is 2.40 bits per heavy atom. The van der Waals surface area contributed by atoms with E-state index in [2.05, 4.69) is 36.7 Å². The summed E-state index contributed by atoms with van der Waals surface area (Å²) in [5.74, 6) is 0. The third kappa shape index (κ3) is 2.40. The SMILES string of the molecule is Cc1ccc(N2NC3(CCCCCC3)NC2=O)cc1C. The highest BCUT2D eigenvalue weighted by Crippen LogP contribution is 2.30. The Kier molecular flexibility index (Phi) is 3.42. The van der Waals surface area contributed by atoms with Crippen molar-refractivity contribution < 1.29 is 4.79 Å². The average molecular weight is 273 g/mol. The van der Waals surface area contributed by atoms with Crippen molar-refractivity contribution in [3.05, 3.63) is 29.3 Å². The number of anilines is 1. The molecule has 1 heterocycles. The first-order valence-corrected chi connectivity index (χ1v) is 7.57. The molecular formula is C16H23N3O. The number of carbonyl (C=O) groups excluding carboxylic acids is 1. The number of nitrogens with zero attached hydrogens (tertiary/aromatic N) is 1. The normalized spacial score (nSPS) is 21.9. The minimum absolute atomic E-state index is 0.0323. The molecule has 0 unspecified atom stereocenters. The molecule has 20 heavy (non-hydrogen) atoms. The quantitative estimate of drug-likeness (QED) is 0.823. The summed E-state index contributed by atoms with van der Waals surface area (Å²) in [7, 11) is 0. The van der Waals surface area contributed by atoms with E-state index in [-0.39, 0.29) is 11.7 Å². The first kappa shape index (κ1) is 13.4. The van der Waals surface area contributed by atoms with Crippen molar-refractivity contribution in [2.45, 2.75) is 58.0 Å². The van der Waals surface area contributed by atoms with Crippen LogP contribution in [0.25, 0.3) is 0 Å². The fourth-order valence-corrected chi connectivity index (χ4v) is 3.17. The molecule has 1 aromatic rings. The number of hydrazine groups is 1. The third-order valence-electron chi connectivity index (χ3n) is 4.58. The topological polar surface area (TPSA) is 44.4 Å². The molecule has 2 aliphatic rings. The van der Waals surface area contributed by atoms with Crippen LogP contribution in [0.5, 0.6) is 0 Å². The number of hydrogen-bond acceptors (Lipinski definition) is 2. The number of nitrogens with one attached hydrogen (secondary N) is 2. The summed E-state index contributed by atoms with van der Waals surface area (Å²) >= 11 is 0. The van der Waals surface area contributed by atoms with Gasteiger partial charge in [0.1, 0.15) is 5.66 Å². The molecule has 1 saturated carbocycles. The first-order valence-electron chi connectivity index (χ1n) is 7.57. The van der Waals surface area contributed by atoms with Crippen molar-refractivity contribution in [1.82, 2.24) is 10.7 Å². The Labute approximate surface area is 120 Å². The van der Waals surface area contributed by atoms with E-state index in [9.17, 15) is 4.79 Å². The number of hydrogen-bond donors (Lipinski definition) is 2. The van der Waals surface area contributed by atoms with Crippen LogP contribution >= 0.6 is 0 Å². The van der Waals surface area contributed by atoms with Crippen molar-refractivity contribution in [1.29, 1.82) is 0 Å². The number of rotatable bonds is 1. The van der Waals surface area contributed by atoms with E-state index in [1.165, 1.54) is 36.8 Å². The van der Waals surface area contributed by atoms with Gasteiger partial charge < -0.3 is 5.32 Å². The maximum absolute atomic E-state index is 12.3. The minimum atomic E-state index is -0.230. The Hall–Kier alpha value is -1.55. The fraction of sp³-hybridized carbons (Fsp3) is 0.562. The molecule has 108 valence electrons. The molecule has 4 nitrogen and oxygen atoms in total. The predicted molar refractivity (Wildman–Crippen MR) is 80.5 cm³/mol. The maximum atomic E-state index is 12.3. The molecule has 1 saturated heterocycles. The van der Waals surface area contributed by atoms with E-state index in [1.807, 2.05) is 6.07 Å². The Morgan fingerprint density at radius 1 is 1.05 bits per heavy atom. The van der Waals surface area contributed by atoms with Crippen LogP contribution in [-0.4, -0.2) is 11.7 Å².